The second kappa shape index (κ2) is 9.94. The van der Waals surface area contributed by atoms with Crippen molar-refractivity contribution in [2.24, 2.45) is 0 Å². The third-order valence-electron chi connectivity index (χ3n) is 4.26. The Morgan fingerprint density at radius 2 is 1.79 bits per heavy atom. The second-order valence-electron chi connectivity index (χ2n) is 6.41. The van der Waals surface area contributed by atoms with Gasteiger partial charge in [0.2, 0.25) is 0 Å². The minimum atomic E-state index is -1.00. The van der Waals surface area contributed by atoms with Gasteiger partial charge in [0.05, 0.1) is 0 Å². The average molecular weight is 408 g/mol. The Morgan fingerprint density at radius 3 is 2.48 bits per heavy atom. The van der Waals surface area contributed by atoms with Gasteiger partial charge in [-0.3, -0.25) is 0 Å². The first-order valence-electron chi connectivity index (χ1n) is 9.12. The lowest BCUT2D eigenvalue weighted by Gasteiger charge is -2.10. The normalized spacial score (nSPS) is 11.3. The molecule has 3 nitrogen and oxygen atoms in total. The largest absolute Gasteiger partial charge is 0.482 e. The summed E-state index contributed by atoms with van der Waals surface area (Å²) in [6, 6.07) is 22.2. The number of hydrogen-bond donors (Lipinski definition) is 1. The van der Waals surface area contributed by atoms with Gasteiger partial charge in [0.15, 0.2) is 6.61 Å². The summed E-state index contributed by atoms with van der Waals surface area (Å²) in [7, 11) is 0. The van der Waals surface area contributed by atoms with Crippen LogP contribution in [-0.4, -0.2) is 23.4 Å². The molecule has 0 fully saturated rings. The maximum atomic E-state index is 13.7. The third kappa shape index (κ3) is 5.96. The number of benzene rings is 3. The van der Waals surface area contributed by atoms with Crippen molar-refractivity contribution < 1.29 is 19.0 Å². The second-order valence-corrected chi connectivity index (χ2v) is 7.51. The number of carboxylic acids is 1. The van der Waals surface area contributed by atoms with Gasteiger partial charge < -0.3 is 9.84 Å². The Kier molecular flexibility index (Phi) is 7.09. The molecule has 3 aromatic carbocycles. The van der Waals surface area contributed by atoms with Crippen LogP contribution < -0.4 is 4.74 Å². The minimum absolute atomic E-state index is 0.260. The summed E-state index contributed by atoms with van der Waals surface area (Å²) in [6.45, 7) is 1.53. The molecule has 29 heavy (non-hydrogen) atoms. The SMILES string of the molecule is Cc1cc(SCC=C(c2ccccc2)c2cccc(F)c2)ccc1OCC(=O)O. The number of carboxylic acid groups (broad SMARTS) is 1. The summed E-state index contributed by atoms with van der Waals surface area (Å²) < 4.78 is 19.0. The summed E-state index contributed by atoms with van der Waals surface area (Å²) >= 11 is 1.65. The number of halogens is 1. The van der Waals surface area contributed by atoms with Crippen molar-refractivity contribution >= 4 is 23.3 Å². The van der Waals surface area contributed by atoms with Crippen molar-refractivity contribution in [3.8, 4) is 5.75 Å². The standard InChI is InChI=1S/C24H21FO3S/c1-17-14-21(10-11-23(17)28-16-24(26)27)29-13-12-22(18-6-3-2-4-7-18)19-8-5-9-20(25)15-19/h2-12,14-15H,13,16H2,1H3,(H,26,27). The molecule has 3 rings (SSSR count). The van der Waals surface area contributed by atoms with E-state index in [9.17, 15) is 9.18 Å². The quantitative estimate of drug-likeness (QED) is 0.477. The van der Waals surface area contributed by atoms with Crippen LogP contribution in [0.25, 0.3) is 5.57 Å². The first-order chi connectivity index (χ1) is 14.0. The van der Waals surface area contributed by atoms with Crippen LogP contribution in [0.5, 0.6) is 5.75 Å². The maximum Gasteiger partial charge on any atom is 0.341 e. The van der Waals surface area contributed by atoms with E-state index in [4.69, 9.17) is 9.84 Å². The van der Waals surface area contributed by atoms with Crippen LogP contribution in [0.4, 0.5) is 4.39 Å². The molecule has 0 saturated carbocycles. The van der Waals surface area contributed by atoms with Crippen molar-refractivity contribution in [1.82, 2.24) is 0 Å². The molecule has 0 aliphatic rings. The van der Waals surface area contributed by atoms with Crippen LogP contribution >= 0.6 is 11.8 Å². The van der Waals surface area contributed by atoms with E-state index in [0.29, 0.717) is 11.5 Å². The lowest BCUT2D eigenvalue weighted by molar-refractivity contribution is -0.139. The molecule has 0 saturated heterocycles. The Bertz CT molecular complexity index is 1020. The molecule has 1 N–H and O–H groups in total. The predicted octanol–water partition coefficient (Wildman–Crippen LogP) is 5.82. The fraction of sp³-hybridized carbons (Fsp3) is 0.125. The van der Waals surface area contributed by atoms with Crippen LogP contribution in [0.3, 0.4) is 0 Å². The monoisotopic (exact) mass is 408 g/mol. The van der Waals surface area contributed by atoms with Crippen molar-refractivity contribution in [2.75, 3.05) is 12.4 Å². The summed E-state index contributed by atoms with van der Waals surface area (Å²) in [5, 5.41) is 8.73. The summed E-state index contributed by atoms with van der Waals surface area (Å²) in [6.07, 6.45) is 2.10. The molecule has 0 amide bonds. The molecular weight excluding hydrogens is 387 g/mol. The first-order valence-corrected chi connectivity index (χ1v) is 10.1. The maximum absolute atomic E-state index is 13.7. The van der Waals surface area contributed by atoms with Crippen molar-refractivity contribution in [3.05, 3.63) is 101 Å². The molecule has 0 heterocycles. The predicted molar refractivity (Wildman–Crippen MR) is 115 cm³/mol. The van der Waals surface area contributed by atoms with Gasteiger partial charge >= 0.3 is 5.97 Å². The zero-order valence-electron chi connectivity index (χ0n) is 16.0. The van der Waals surface area contributed by atoms with Gasteiger partial charge in [0.25, 0.3) is 0 Å². The van der Waals surface area contributed by atoms with Gasteiger partial charge in [-0.25, -0.2) is 9.18 Å². The van der Waals surface area contributed by atoms with E-state index in [1.165, 1.54) is 6.07 Å². The van der Waals surface area contributed by atoms with Crippen molar-refractivity contribution in [2.45, 2.75) is 11.8 Å². The topological polar surface area (TPSA) is 46.5 Å². The fourth-order valence-corrected chi connectivity index (χ4v) is 3.78. The molecule has 0 bridgehead atoms. The Hall–Kier alpha value is -3.05. The fourth-order valence-electron chi connectivity index (χ4n) is 2.91. The number of ether oxygens (including phenoxy) is 1. The highest BCUT2D eigenvalue weighted by Crippen LogP contribution is 2.28. The molecular formula is C24H21FO3S. The molecule has 0 aromatic heterocycles. The lowest BCUT2D eigenvalue weighted by atomic mass is 9.98. The van der Waals surface area contributed by atoms with Gasteiger partial charge in [-0.15, -0.1) is 11.8 Å². The summed E-state index contributed by atoms with van der Waals surface area (Å²) in [4.78, 5) is 11.7. The average Bonchev–Trinajstić information content (AvgIpc) is 2.71. The number of thioether (sulfide) groups is 1. The van der Waals surface area contributed by atoms with Crippen LogP contribution in [-0.2, 0) is 4.79 Å². The molecule has 148 valence electrons. The van der Waals surface area contributed by atoms with Crippen LogP contribution in [0.1, 0.15) is 16.7 Å². The van der Waals surface area contributed by atoms with Crippen LogP contribution in [0.15, 0.2) is 83.8 Å². The molecule has 0 aliphatic carbocycles. The molecule has 0 radical (unpaired) electrons. The number of hydrogen-bond acceptors (Lipinski definition) is 3. The molecule has 0 atom stereocenters. The Labute approximate surface area is 173 Å². The number of rotatable bonds is 8. The van der Waals surface area contributed by atoms with E-state index in [1.807, 2.05) is 55.5 Å². The number of carbonyl (C=O) groups is 1. The highest BCUT2D eigenvalue weighted by atomic mass is 32.2. The first kappa shape index (κ1) is 20.7. The van der Waals surface area contributed by atoms with E-state index >= 15 is 0 Å². The van der Waals surface area contributed by atoms with E-state index in [1.54, 1.807) is 30.0 Å². The van der Waals surface area contributed by atoms with Crippen LogP contribution in [0.2, 0.25) is 0 Å². The van der Waals surface area contributed by atoms with Crippen molar-refractivity contribution in [3.63, 3.8) is 0 Å². The minimum Gasteiger partial charge on any atom is -0.482 e. The molecule has 0 spiro atoms. The van der Waals surface area contributed by atoms with Gasteiger partial charge in [0.1, 0.15) is 11.6 Å². The third-order valence-corrected chi connectivity index (χ3v) is 5.18. The Balaban J connectivity index is 1.76. The van der Waals surface area contributed by atoms with E-state index in [2.05, 4.69) is 6.08 Å². The van der Waals surface area contributed by atoms with Gasteiger partial charge in [0, 0.05) is 10.6 Å². The summed E-state index contributed by atoms with van der Waals surface area (Å²) in [5.74, 6) is 0.00977. The number of aliphatic carboxylic acids is 1. The molecule has 5 heteroatoms. The highest BCUT2D eigenvalue weighted by molar-refractivity contribution is 7.99. The van der Waals surface area contributed by atoms with Crippen molar-refractivity contribution in [1.29, 1.82) is 0 Å². The smallest absolute Gasteiger partial charge is 0.341 e. The zero-order valence-corrected chi connectivity index (χ0v) is 16.8. The Morgan fingerprint density at radius 1 is 1.03 bits per heavy atom. The van der Waals surface area contributed by atoms with E-state index in [0.717, 1.165) is 27.2 Å². The van der Waals surface area contributed by atoms with Gasteiger partial charge in [-0.1, -0.05) is 48.5 Å². The molecule has 0 aliphatic heterocycles. The lowest BCUT2D eigenvalue weighted by Crippen LogP contribution is -2.09. The molecule has 3 aromatic rings. The van der Waals surface area contributed by atoms with E-state index in [-0.39, 0.29) is 12.4 Å². The number of aryl methyl sites for hydroxylation is 1. The molecule has 0 unspecified atom stereocenters. The van der Waals surface area contributed by atoms with Gasteiger partial charge in [-0.05, 0) is 59.5 Å². The summed E-state index contributed by atoms with van der Waals surface area (Å²) in [5.41, 5.74) is 3.74. The zero-order chi connectivity index (χ0) is 20.6. The van der Waals surface area contributed by atoms with Gasteiger partial charge in [-0.2, -0.15) is 0 Å². The van der Waals surface area contributed by atoms with Crippen LogP contribution in [0, 0.1) is 12.7 Å². The highest BCUT2D eigenvalue weighted by Gasteiger charge is 2.07. The van der Waals surface area contributed by atoms with E-state index < -0.39 is 5.97 Å².